The minimum Gasteiger partial charge on any atom is -0.374 e. The lowest BCUT2D eigenvalue weighted by Gasteiger charge is -2.29. The summed E-state index contributed by atoms with van der Waals surface area (Å²) in [6.07, 6.45) is -5.39. The number of oxime groups is 1. The zero-order chi connectivity index (χ0) is 19.1. The maximum atomic E-state index is 13.9. The molecule has 2 aromatic carbocycles. The number of benzene rings is 2. The first-order valence-electron chi connectivity index (χ1n) is 7.31. The van der Waals surface area contributed by atoms with Crippen molar-refractivity contribution in [1.29, 1.82) is 0 Å². The number of alkyl halides is 3. The van der Waals surface area contributed by atoms with Crippen molar-refractivity contribution in [2.24, 2.45) is 10.9 Å². The molecule has 136 valence electrons. The number of hydrogen-bond donors (Lipinski definition) is 1. The van der Waals surface area contributed by atoms with Crippen LogP contribution < -0.4 is 5.73 Å². The van der Waals surface area contributed by atoms with Gasteiger partial charge in [-0.25, -0.2) is 0 Å². The minimum atomic E-state index is -4.78. The van der Waals surface area contributed by atoms with Crippen molar-refractivity contribution < 1.29 is 22.8 Å². The van der Waals surface area contributed by atoms with Gasteiger partial charge in [0.2, 0.25) is 5.91 Å². The first kappa shape index (κ1) is 18.5. The van der Waals surface area contributed by atoms with Gasteiger partial charge in [-0.1, -0.05) is 40.5 Å². The third-order valence-electron chi connectivity index (χ3n) is 4.00. The van der Waals surface area contributed by atoms with Gasteiger partial charge >= 0.3 is 6.18 Å². The molecular weight excluding hydrogens is 392 g/mol. The molecule has 0 fully saturated rings. The second-order valence-corrected chi connectivity index (χ2v) is 6.61. The fraction of sp³-hybridized carbons (Fsp3) is 0.176. The Kier molecular flexibility index (Phi) is 4.62. The highest BCUT2D eigenvalue weighted by Crippen LogP contribution is 2.49. The van der Waals surface area contributed by atoms with Crippen molar-refractivity contribution >= 4 is 34.8 Å². The molecule has 1 unspecified atom stereocenters. The highest BCUT2D eigenvalue weighted by Gasteiger charge is 2.62. The van der Waals surface area contributed by atoms with E-state index in [9.17, 15) is 18.0 Å². The Morgan fingerprint density at radius 2 is 1.81 bits per heavy atom. The maximum Gasteiger partial charge on any atom is 0.435 e. The molecule has 2 aromatic rings. The van der Waals surface area contributed by atoms with Crippen LogP contribution in [0.4, 0.5) is 13.2 Å². The van der Waals surface area contributed by atoms with Crippen LogP contribution in [-0.2, 0) is 10.4 Å². The Morgan fingerprint density at radius 1 is 1.15 bits per heavy atom. The normalized spacial score (nSPS) is 19.8. The quantitative estimate of drug-likeness (QED) is 0.809. The minimum absolute atomic E-state index is 0.0292. The maximum absolute atomic E-state index is 13.9. The zero-order valence-electron chi connectivity index (χ0n) is 13.0. The lowest BCUT2D eigenvalue weighted by Crippen LogP contribution is -2.42. The zero-order valence-corrected chi connectivity index (χ0v) is 14.5. The summed E-state index contributed by atoms with van der Waals surface area (Å²) in [5.74, 6) is -0.699. The number of nitrogens with zero attached hydrogens (tertiary/aromatic N) is 1. The Balaban J connectivity index is 2.04. The standard InChI is InChI=1S/C17H11Cl2F3N2O2/c18-12-5-11(6-13(19)7-12)16(17(20,21)22)8-14(24-26-16)9-2-1-3-10(4-9)15(23)25/h1-7H,8H2,(H2,23,25). The van der Waals surface area contributed by atoms with Crippen LogP contribution in [0.5, 0.6) is 0 Å². The first-order chi connectivity index (χ1) is 12.1. The average molecular weight is 403 g/mol. The predicted octanol–water partition coefficient (Wildman–Crippen LogP) is 4.67. The smallest absolute Gasteiger partial charge is 0.374 e. The van der Waals surface area contributed by atoms with Gasteiger partial charge in [0.1, 0.15) is 0 Å². The highest BCUT2D eigenvalue weighted by molar-refractivity contribution is 6.34. The summed E-state index contributed by atoms with van der Waals surface area (Å²) in [5.41, 5.74) is 2.72. The van der Waals surface area contributed by atoms with E-state index in [1.165, 1.54) is 30.3 Å². The molecule has 1 heterocycles. The van der Waals surface area contributed by atoms with Gasteiger partial charge in [-0.15, -0.1) is 0 Å². The van der Waals surface area contributed by atoms with Gasteiger partial charge in [-0.05, 0) is 30.3 Å². The van der Waals surface area contributed by atoms with Gasteiger partial charge in [0.05, 0.1) is 5.71 Å². The van der Waals surface area contributed by atoms with Crippen LogP contribution in [0.1, 0.15) is 27.9 Å². The summed E-state index contributed by atoms with van der Waals surface area (Å²) >= 11 is 11.7. The largest absolute Gasteiger partial charge is 0.435 e. The van der Waals surface area contributed by atoms with Crippen LogP contribution in [-0.4, -0.2) is 17.8 Å². The van der Waals surface area contributed by atoms with E-state index < -0.39 is 24.1 Å². The van der Waals surface area contributed by atoms with E-state index >= 15 is 0 Å². The summed E-state index contributed by atoms with van der Waals surface area (Å²) < 4.78 is 41.7. The molecule has 26 heavy (non-hydrogen) atoms. The Morgan fingerprint density at radius 3 is 2.38 bits per heavy atom. The number of carbonyl (C=O) groups excluding carboxylic acids is 1. The molecule has 0 saturated heterocycles. The van der Waals surface area contributed by atoms with Crippen LogP contribution in [0.15, 0.2) is 47.6 Å². The number of rotatable bonds is 3. The number of primary amides is 1. The van der Waals surface area contributed by atoms with Gasteiger partial charge in [0.25, 0.3) is 5.60 Å². The molecule has 1 aliphatic rings. The van der Waals surface area contributed by atoms with Gasteiger partial charge < -0.3 is 10.6 Å². The molecular formula is C17H11Cl2F3N2O2. The van der Waals surface area contributed by atoms with Crippen LogP contribution in [0.3, 0.4) is 0 Å². The lowest BCUT2D eigenvalue weighted by molar-refractivity contribution is -0.275. The second kappa shape index (κ2) is 6.48. The Hall–Kier alpha value is -2.25. The molecule has 0 radical (unpaired) electrons. The van der Waals surface area contributed by atoms with E-state index in [-0.39, 0.29) is 26.9 Å². The summed E-state index contributed by atoms with van der Waals surface area (Å²) in [6, 6.07) is 9.44. The van der Waals surface area contributed by atoms with E-state index in [4.69, 9.17) is 33.8 Å². The monoisotopic (exact) mass is 402 g/mol. The van der Waals surface area contributed by atoms with Crippen LogP contribution >= 0.6 is 23.2 Å². The number of halogens is 5. The molecule has 0 aliphatic carbocycles. The topological polar surface area (TPSA) is 64.7 Å². The number of hydrogen-bond acceptors (Lipinski definition) is 3. The van der Waals surface area contributed by atoms with Crippen molar-refractivity contribution in [3.05, 3.63) is 69.2 Å². The predicted molar refractivity (Wildman–Crippen MR) is 91.4 cm³/mol. The van der Waals surface area contributed by atoms with E-state index in [1.54, 1.807) is 0 Å². The molecule has 9 heteroatoms. The van der Waals surface area contributed by atoms with Crippen LogP contribution in [0, 0.1) is 0 Å². The lowest BCUT2D eigenvalue weighted by atomic mass is 9.86. The van der Waals surface area contributed by atoms with E-state index in [1.807, 2.05) is 0 Å². The number of nitrogens with two attached hydrogens (primary N) is 1. The summed E-state index contributed by atoms with van der Waals surface area (Å²) in [5, 5.41) is 3.71. The fourth-order valence-electron chi connectivity index (χ4n) is 2.70. The Labute approximate surface area is 156 Å². The third-order valence-corrected chi connectivity index (χ3v) is 4.43. The summed E-state index contributed by atoms with van der Waals surface area (Å²) in [4.78, 5) is 16.2. The Bertz CT molecular complexity index is 895. The number of carbonyl (C=O) groups is 1. The van der Waals surface area contributed by atoms with Crippen molar-refractivity contribution in [3.63, 3.8) is 0 Å². The molecule has 0 bridgehead atoms. The van der Waals surface area contributed by atoms with E-state index in [0.29, 0.717) is 5.56 Å². The van der Waals surface area contributed by atoms with Crippen LogP contribution in [0.25, 0.3) is 0 Å². The van der Waals surface area contributed by atoms with E-state index in [0.717, 1.165) is 12.1 Å². The molecule has 2 N–H and O–H groups in total. The van der Waals surface area contributed by atoms with Gasteiger partial charge in [0.15, 0.2) is 0 Å². The molecule has 4 nitrogen and oxygen atoms in total. The van der Waals surface area contributed by atoms with E-state index in [2.05, 4.69) is 5.16 Å². The highest BCUT2D eigenvalue weighted by atomic mass is 35.5. The third kappa shape index (κ3) is 3.24. The SMILES string of the molecule is NC(=O)c1cccc(C2=NOC(c3cc(Cl)cc(Cl)c3)(C(F)(F)F)C2)c1. The van der Waals surface area contributed by atoms with Crippen molar-refractivity contribution in [2.45, 2.75) is 18.2 Å². The van der Waals surface area contributed by atoms with Crippen molar-refractivity contribution in [2.75, 3.05) is 0 Å². The molecule has 0 spiro atoms. The summed E-state index contributed by atoms with van der Waals surface area (Å²) in [7, 11) is 0. The molecule has 1 amide bonds. The molecule has 0 saturated carbocycles. The van der Waals surface area contributed by atoms with Gasteiger partial charge in [-0.2, -0.15) is 13.2 Å². The molecule has 3 rings (SSSR count). The fourth-order valence-corrected chi connectivity index (χ4v) is 3.22. The summed E-state index contributed by atoms with van der Waals surface area (Å²) in [6.45, 7) is 0. The van der Waals surface area contributed by atoms with Crippen molar-refractivity contribution in [3.8, 4) is 0 Å². The van der Waals surface area contributed by atoms with Gasteiger partial charge in [-0.3, -0.25) is 4.79 Å². The average Bonchev–Trinajstić information content (AvgIpc) is 3.00. The number of amides is 1. The van der Waals surface area contributed by atoms with Crippen molar-refractivity contribution in [1.82, 2.24) is 0 Å². The first-order valence-corrected chi connectivity index (χ1v) is 8.06. The molecule has 1 atom stereocenters. The van der Waals surface area contributed by atoms with Gasteiger partial charge in [0, 0.05) is 33.2 Å². The van der Waals surface area contributed by atoms with Crippen LogP contribution in [0.2, 0.25) is 10.0 Å². The molecule has 0 aromatic heterocycles. The molecule has 1 aliphatic heterocycles. The second-order valence-electron chi connectivity index (χ2n) is 5.73.